The lowest BCUT2D eigenvalue weighted by atomic mass is 10.4. The molecule has 0 spiro atoms. The molecule has 4 nitrogen and oxygen atoms in total. The Bertz CT molecular complexity index is 715. The first-order chi connectivity index (χ1) is 11.3. The van der Waals surface area contributed by atoms with Crippen molar-refractivity contribution in [3.63, 3.8) is 0 Å². The minimum Gasteiger partial charge on any atom is -0.323 e. The van der Waals surface area contributed by atoms with Gasteiger partial charge in [-0.25, -0.2) is 13.6 Å². The number of aromatic nitrogens is 2. The smallest absolute Gasteiger partial charge is 0.323 e. The van der Waals surface area contributed by atoms with Crippen LogP contribution in [0, 0.1) is 0 Å². The van der Waals surface area contributed by atoms with Gasteiger partial charge in [-0.3, -0.25) is 0 Å². The van der Waals surface area contributed by atoms with Gasteiger partial charge in [-0.05, 0) is 32.0 Å². The molecular weight excluding hydrogens is 379 g/mol. The molecular formula is C15H15Cl2F2N3OS. The highest BCUT2D eigenvalue weighted by Crippen LogP contribution is 2.36. The number of hydrogen-bond acceptors (Lipinski definition) is 3. The number of alkyl halides is 2. The molecule has 0 N–H and O–H groups in total. The van der Waals surface area contributed by atoms with Crippen LogP contribution >= 0.6 is 35.0 Å². The average Bonchev–Trinajstić information content (AvgIpc) is 2.91. The van der Waals surface area contributed by atoms with Crippen LogP contribution in [0.15, 0.2) is 34.3 Å². The first-order valence-corrected chi connectivity index (χ1v) is 8.73. The van der Waals surface area contributed by atoms with E-state index in [0.29, 0.717) is 28.0 Å². The Labute approximate surface area is 152 Å². The Kier molecular flexibility index (Phi) is 6.48. The summed E-state index contributed by atoms with van der Waals surface area (Å²) in [6.07, 6.45) is -1.68. The van der Waals surface area contributed by atoms with Crippen LogP contribution in [-0.2, 0) is 0 Å². The van der Waals surface area contributed by atoms with Crippen LogP contribution in [0.5, 0.6) is 0 Å². The SMILES string of the molecule is CCN(CC)C(=O)n1cc(C(F)F)c(Sc2cc(Cl)cc(Cl)c2)n1. The summed E-state index contributed by atoms with van der Waals surface area (Å²) in [7, 11) is 0. The molecule has 0 bridgehead atoms. The van der Waals surface area contributed by atoms with Crippen LogP contribution in [0.2, 0.25) is 10.0 Å². The molecule has 2 rings (SSSR count). The first-order valence-electron chi connectivity index (χ1n) is 7.16. The number of carbonyl (C=O) groups is 1. The normalized spacial score (nSPS) is 11.1. The molecule has 0 unspecified atom stereocenters. The van der Waals surface area contributed by atoms with Gasteiger partial charge in [-0.15, -0.1) is 0 Å². The first kappa shape index (κ1) is 19.0. The van der Waals surface area contributed by atoms with Gasteiger partial charge in [0.2, 0.25) is 0 Å². The predicted octanol–water partition coefficient (Wildman–Crippen LogP) is 5.59. The molecule has 1 aromatic carbocycles. The van der Waals surface area contributed by atoms with Crippen molar-refractivity contribution in [3.8, 4) is 0 Å². The average molecular weight is 394 g/mol. The highest BCUT2D eigenvalue weighted by Gasteiger charge is 2.23. The van der Waals surface area contributed by atoms with Crippen molar-refractivity contribution < 1.29 is 13.6 Å². The van der Waals surface area contributed by atoms with Crippen LogP contribution in [0.4, 0.5) is 13.6 Å². The Morgan fingerprint density at radius 2 is 1.83 bits per heavy atom. The van der Waals surface area contributed by atoms with Gasteiger partial charge in [0.15, 0.2) is 0 Å². The van der Waals surface area contributed by atoms with Crippen LogP contribution in [-0.4, -0.2) is 33.8 Å². The summed E-state index contributed by atoms with van der Waals surface area (Å²) in [5, 5.41) is 4.85. The van der Waals surface area contributed by atoms with Crippen molar-refractivity contribution in [1.29, 1.82) is 0 Å². The quantitative estimate of drug-likeness (QED) is 0.664. The third-order valence-electron chi connectivity index (χ3n) is 3.22. The Morgan fingerprint density at radius 3 is 2.33 bits per heavy atom. The van der Waals surface area contributed by atoms with Gasteiger partial charge in [0.1, 0.15) is 5.03 Å². The van der Waals surface area contributed by atoms with E-state index in [0.717, 1.165) is 22.6 Å². The van der Waals surface area contributed by atoms with E-state index < -0.39 is 12.5 Å². The van der Waals surface area contributed by atoms with E-state index in [-0.39, 0.29) is 10.6 Å². The second-order valence-electron chi connectivity index (χ2n) is 4.80. The van der Waals surface area contributed by atoms with Gasteiger partial charge in [0.05, 0.1) is 5.56 Å². The van der Waals surface area contributed by atoms with E-state index >= 15 is 0 Å². The maximum Gasteiger partial charge on any atom is 0.344 e. The zero-order chi connectivity index (χ0) is 17.9. The molecule has 0 atom stereocenters. The van der Waals surface area contributed by atoms with Crippen molar-refractivity contribution in [2.45, 2.75) is 30.2 Å². The summed E-state index contributed by atoms with van der Waals surface area (Å²) in [5.74, 6) is 0. The van der Waals surface area contributed by atoms with Gasteiger partial charge >= 0.3 is 6.03 Å². The number of hydrogen-bond donors (Lipinski definition) is 0. The van der Waals surface area contributed by atoms with Crippen molar-refractivity contribution in [1.82, 2.24) is 14.7 Å². The number of nitrogens with zero attached hydrogens (tertiary/aromatic N) is 3. The number of halogens is 4. The van der Waals surface area contributed by atoms with Crippen LogP contribution < -0.4 is 0 Å². The molecule has 0 aliphatic rings. The minimum atomic E-state index is -2.75. The van der Waals surface area contributed by atoms with E-state index in [1.807, 2.05) is 13.8 Å². The van der Waals surface area contributed by atoms with Crippen molar-refractivity contribution >= 4 is 41.0 Å². The molecule has 0 fully saturated rings. The summed E-state index contributed by atoms with van der Waals surface area (Å²) in [4.78, 5) is 14.3. The highest BCUT2D eigenvalue weighted by molar-refractivity contribution is 7.99. The second kappa shape index (κ2) is 8.18. The fourth-order valence-electron chi connectivity index (χ4n) is 2.04. The summed E-state index contributed by atoms with van der Waals surface area (Å²) in [6.45, 7) is 4.54. The maximum atomic E-state index is 13.3. The molecule has 24 heavy (non-hydrogen) atoms. The molecule has 0 saturated heterocycles. The van der Waals surface area contributed by atoms with E-state index in [1.165, 1.54) is 4.90 Å². The lowest BCUT2D eigenvalue weighted by Gasteiger charge is -2.17. The molecule has 0 aliphatic heterocycles. The second-order valence-corrected chi connectivity index (χ2v) is 6.73. The molecule has 1 aromatic heterocycles. The summed E-state index contributed by atoms with van der Waals surface area (Å²) < 4.78 is 27.5. The fourth-order valence-corrected chi connectivity index (χ4v) is 3.68. The molecule has 1 amide bonds. The van der Waals surface area contributed by atoms with Crippen LogP contribution in [0.25, 0.3) is 0 Å². The van der Waals surface area contributed by atoms with Gasteiger partial charge in [-0.1, -0.05) is 35.0 Å². The summed E-state index contributed by atoms with van der Waals surface area (Å²) in [5.41, 5.74) is -0.309. The van der Waals surface area contributed by atoms with Crippen LogP contribution in [0.3, 0.4) is 0 Å². The lowest BCUT2D eigenvalue weighted by Crippen LogP contribution is -2.34. The largest absolute Gasteiger partial charge is 0.344 e. The van der Waals surface area contributed by atoms with E-state index in [9.17, 15) is 13.6 Å². The predicted molar refractivity (Wildman–Crippen MR) is 91.5 cm³/mol. The number of carbonyl (C=O) groups excluding carboxylic acids is 1. The number of amides is 1. The van der Waals surface area contributed by atoms with E-state index in [2.05, 4.69) is 5.10 Å². The van der Waals surface area contributed by atoms with Gasteiger partial charge < -0.3 is 4.90 Å². The van der Waals surface area contributed by atoms with Crippen LogP contribution in [0.1, 0.15) is 25.8 Å². The van der Waals surface area contributed by atoms with Crippen molar-refractivity contribution in [2.24, 2.45) is 0 Å². The minimum absolute atomic E-state index is 0.0452. The Morgan fingerprint density at radius 1 is 1.25 bits per heavy atom. The van der Waals surface area contributed by atoms with Crippen molar-refractivity contribution in [2.75, 3.05) is 13.1 Å². The molecule has 0 aliphatic carbocycles. The summed E-state index contributed by atoms with van der Waals surface area (Å²) in [6, 6.07) is 4.29. The van der Waals surface area contributed by atoms with E-state index in [4.69, 9.17) is 23.2 Å². The Balaban J connectivity index is 2.36. The molecule has 0 saturated carbocycles. The molecule has 130 valence electrons. The standard InChI is InChI=1S/C15H15Cl2F2N3OS/c1-3-21(4-2)15(23)22-8-12(13(18)19)14(20-22)24-11-6-9(16)5-10(17)7-11/h5-8,13H,3-4H2,1-2H3. The highest BCUT2D eigenvalue weighted by atomic mass is 35.5. The molecule has 1 heterocycles. The number of rotatable bonds is 5. The zero-order valence-electron chi connectivity index (χ0n) is 13.0. The fraction of sp³-hybridized carbons (Fsp3) is 0.333. The number of benzene rings is 1. The maximum absolute atomic E-state index is 13.3. The third kappa shape index (κ3) is 4.40. The lowest BCUT2D eigenvalue weighted by molar-refractivity contribution is 0.148. The molecule has 2 aromatic rings. The summed E-state index contributed by atoms with van der Waals surface area (Å²) >= 11 is 12.8. The third-order valence-corrected chi connectivity index (χ3v) is 4.64. The molecule has 0 radical (unpaired) electrons. The monoisotopic (exact) mass is 393 g/mol. The van der Waals surface area contributed by atoms with Gasteiger partial charge in [0, 0.05) is 34.2 Å². The molecule has 9 heteroatoms. The van der Waals surface area contributed by atoms with Crippen molar-refractivity contribution in [3.05, 3.63) is 40.0 Å². The van der Waals surface area contributed by atoms with Gasteiger partial charge in [-0.2, -0.15) is 9.78 Å². The Hall–Kier alpha value is -1.31. The van der Waals surface area contributed by atoms with Gasteiger partial charge in [0.25, 0.3) is 6.43 Å². The zero-order valence-corrected chi connectivity index (χ0v) is 15.3. The topological polar surface area (TPSA) is 38.1 Å². The van der Waals surface area contributed by atoms with E-state index in [1.54, 1.807) is 18.2 Å².